The molecule has 0 spiro atoms. The van der Waals surface area contributed by atoms with Crippen molar-refractivity contribution < 1.29 is 4.74 Å². The second-order valence-corrected chi connectivity index (χ2v) is 4.95. The number of anilines is 1. The first-order valence-corrected chi connectivity index (χ1v) is 6.59. The summed E-state index contributed by atoms with van der Waals surface area (Å²) in [6.07, 6.45) is 1.77. The second-order valence-electron chi connectivity index (χ2n) is 4.51. The third-order valence-corrected chi connectivity index (χ3v) is 3.42. The van der Waals surface area contributed by atoms with E-state index in [4.69, 9.17) is 22.1 Å². The van der Waals surface area contributed by atoms with E-state index in [1.807, 2.05) is 30.3 Å². The van der Waals surface area contributed by atoms with Crippen molar-refractivity contribution in [2.75, 3.05) is 12.8 Å². The number of nitrogen functional groups attached to an aromatic ring is 1. The van der Waals surface area contributed by atoms with Crippen molar-refractivity contribution in [2.24, 2.45) is 0 Å². The molecular formula is C15H14ClN3O. The summed E-state index contributed by atoms with van der Waals surface area (Å²) in [5, 5.41) is 0.623. The fourth-order valence-corrected chi connectivity index (χ4v) is 2.43. The third kappa shape index (κ3) is 2.13. The minimum Gasteiger partial charge on any atom is -0.383 e. The summed E-state index contributed by atoms with van der Waals surface area (Å²) in [5.41, 5.74) is 9.76. The highest BCUT2D eigenvalue weighted by molar-refractivity contribution is 6.30. The number of imidazole rings is 1. The molecular weight excluding hydrogens is 274 g/mol. The van der Waals surface area contributed by atoms with Crippen LogP contribution in [0, 0.1) is 0 Å². The Kier molecular flexibility index (Phi) is 3.34. The molecule has 0 aliphatic heterocycles. The van der Waals surface area contributed by atoms with Crippen LogP contribution in [0.1, 0.15) is 5.56 Å². The maximum Gasteiger partial charge on any atom is 0.139 e. The van der Waals surface area contributed by atoms with Crippen LogP contribution in [0.5, 0.6) is 0 Å². The van der Waals surface area contributed by atoms with Crippen LogP contribution in [-0.4, -0.2) is 16.5 Å². The van der Waals surface area contributed by atoms with Gasteiger partial charge in [0.1, 0.15) is 17.2 Å². The number of nitrogens with zero attached hydrogens (tertiary/aromatic N) is 2. The first-order valence-electron chi connectivity index (χ1n) is 6.21. The van der Waals surface area contributed by atoms with E-state index in [0.29, 0.717) is 17.4 Å². The van der Waals surface area contributed by atoms with Crippen molar-refractivity contribution in [3.63, 3.8) is 0 Å². The number of ether oxygens (including phenoxy) is 1. The van der Waals surface area contributed by atoms with E-state index in [0.717, 1.165) is 22.5 Å². The molecule has 3 rings (SSSR count). The fourth-order valence-electron chi connectivity index (χ4n) is 2.27. The first-order chi connectivity index (χ1) is 9.70. The molecule has 0 aliphatic carbocycles. The standard InChI is InChI=1S/C15H14ClN3O/c1-20-9-10-4-2-3-5-12(10)14-15(17)19-8-11(16)6-7-13(19)18-14/h2-8H,9,17H2,1H3. The van der Waals surface area contributed by atoms with Crippen LogP contribution >= 0.6 is 11.6 Å². The summed E-state index contributed by atoms with van der Waals surface area (Å²) >= 11 is 6.00. The molecule has 2 heterocycles. The van der Waals surface area contributed by atoms with E-state index in [9.17, 15) is 0 Å². The van der Waals surface area contributed by atoms with Gasteiger partial charge in [-0.3, -0.25) is 4.40 Å². The number of benzene rings is 1. The molecule has 3 aromatic rings. The van der Waals surface area contributed by atoms with Crippen molar-refractivity contribution in [2.45, 2.75) is 6.61 Å². The number of hydrogen-bond acceptors (Lipinski definition) is 3. The van der Waals surface area contributed by atoms with Crippen LogP contribution in [-0.2, 0) is 11.3 Å². The van der Waals surface area contributed by atoms with E-state index < -0.39 is 0 Å². The lowest BCUT2D eigenvalue weighted by molar-refractivity contribution is 0.185. The maximum absolute atomic E-state index is 6.21. The Hall–Kier alpha value is -2.04. The number of fused-ring (bicyclic) bond motifs is 1. The van der Waals surface area contributed by atoms with Crippen molar-refractivity contribution >= 4 is 23.1 Å². The van der Waals surface area contributed by atoms with Crippen molar-refractivity contribution in [1.82, 2.24) is 9.38 Å². The molecule has 4 nitrogen and oxygen atoms in total. The van der Waals surface area contributed by atoms with Gasteiger partial charge in [-0.1, -0.05) is 35.9 Å². The average molecular weight is 288 g/mol. The summed E-state index contributed by atoms with van der Waals surface area (Å²) in [6, 6.07) is 11.6. The van der Waals surface area contributed by atoms with Crippen LogP contribution in [0.2, 0.25) is 5.02 Å². The van der Waals surface area contributed by atoms with Gasteiger partial charge in [-0.25, -0.2) is 4.98 Å². The normalized spacial score (nSPS) is 11.1. The van der Waals surface area contributed by atoms with E-state index >= 15 is 0 Å². The van der Waals surface area contributed by atoms with Gasteiger partial charge in [-0.15, -0.1) is 0 Å². The summed E-state index contributed by atoms with van der Waals surface area (Å²) < 4.78 is 7.02. The summed E-state index contributed by atoms with van der Waals surface area (Å²) in [7, 11) is 1.67. The monoisotopic (exact) mass is 287 g/mol. The number of rotatable bonds is 3. The van der Waals surface area contributed by atoms with Crippen molar-refractivity contribution in [3.05, 3.63) is 53.2 Å². The molecule has 0 atom stereocenters. The second kappa shape index (κ2) is 5.15. The van der Waals surface area contributed by atoms with Gasteiger partial charge in [-0.05, 0) is 17.7 Å². The predicted molar refractivity (Wildman–Crippen MR) is 80.8 cm³/mol. The summed E-state index contributed by atoms with van der Waals surface area (Å²) in [6.45, 7) is 0.518. The van der Waals surface area contributed by atoms with Crippen LogP contribution in [0.25, 0.3) is 16.9 Å². The van der Waals surface area contributed by atoms with Gasteiger partial charge in [0.25, 0.3) is 0 Å². The number of halogens is 1. The Morgan fingerprint density at radius 1 is 1.25 bits per heavy atom. The van der Waals surface area contributed by atoms with Crippen LogP contribution < -0.4 is 5.73 Å². The Morgan fingerprint density at radius 3 is 2.85 bits per heavy atom. The lowest BCUT2D eigenvalue weighted by atomic mass is 10.1. The van der Waals surface area contributed by atoms with Gasteiger partial charge in [0.15, 0.2) is 0 Å². The predicted octanol–water partition coefficient (Wildman–Crippen LogP) is 3.38. The highest BCUT2D eigenvalue weighted by Crippen LogP contribution is 2.30. The lowest BCUT2D eigenvalue weighted by Crippen LogP contribution is -1.96. The zero-order valence-corrected chi connectivity index (χ0v) is 11.8. The highest BCUT2D eigenvalue weighted by atomic mass is 35.5. The number of pyridine rings is 1. The van der Waals surface area contributed by atoms with Crippen molar-refractivity contribution in [3.8, 4) is 11.3 Å². The molecule has 0 fully saturated rings. The molecule has 0 radical (unpaired) electrons. The number of aromatic nitrogens is 2. The molecule has 0 saturated carbocycles. The molecule has 5 heteroatoms. The molecule has 2 aromatic heterocycles. The summed E-state index contributed by atoms with van der Waals surface area (Å²) in [4.78, 5) is 4.59. The maximum atomic E-state index is 6.21. The Morgan fingerprint density at radius 2 is 2.05 bits per heavy atom. The number of hydrogen-bond donors (Lipinski definition) is 1. The Bertz CT molecular complexity index is 767. The molecule has 0 unspecified atom stereocenters. The van der Waals surface area contributed by atoms with E-state index in [-0.39, 0.29) is 0 Å². The first kappa shape index (κ1) is 13.0. The average Bonchev–Trinajstić information content (AvgIpc) is 2.77. The fraction of sp³-hybridized carbons (Fsp3) is 0.133. The Balaban J connectivity index is 2.22. The molecule has 0 saturated heterocycles. The van der Waals surface area contributed by atoms with Gasteiger partial charge < -0.3 is 10.5 Å². The smallest absolute Gasteiger partial charge is 0.139 e. The number of methoxy groups -OCH3 is 1. The van der Waals surface area contributed by atoms with E-state index in [2.05, 4.69) is 4.98 Å². The zero-order valence-electron chi connectivity index (χ0n) is 11.0. The van der Waals surface area contributed by atoms with Gasteiger partial charge >= 0.3 is 0 Å². The molecule has 0 bridgehead atoms. The minimum atomic E-state index is 0.518. The van der Waals surface area contributed by atoms with Crippen molar-refractivity contribution in [1.29, 1.82) is 0 Å². The molecule has 0 aliphatic rings. The van der Waals surface area contributed by atoms with E-state index in [1.54, 1.807) is 23.8 Å². The molecule has 1 aromatic carbocycles. The van der Waals surface area contributed by atoms with Gasteiger partial charge in [0.05, 0.1) is 11.6 Å². The third-order valence-electron chi connectivity index (χ3n) is 3.19. The SMILES string of the molecule is COCc1ccccc1-c1nc2ccc(Cl)cn2c1N. The van der Waals surface area contributed by atoms with Crippen LogP contribution in [0.4, 0.5) is 5.82 Å². The van der Waals surface area contributed by atoms with E-state index in [1.165, 1.54) is 0 Å². The number of nitrogens with two attached hydrogens (primary N) is 1. The highest BCUT2D eigenvalue weighted by Gasteiger charge is 2.14. The van der Waals surface area contributed by atoms with Gasteiger partial charge in [0.2, 0.25) is 0 Å². The van der Waals surface area contributed by atoms with Crippen LogP contribution in [0.15, 0.2) is 42.6 Å². The van der Waals surface area contributed by atoms with Gasteiger partial charge in [-0.2, -0.15) is 0 Å². The zero-order chi connectivity index (χ0) is 14.1. The Labute approximate surface area is 121 Å². The van der Waals surface area contributed by atoms with Crippen LogP contribution in [0.3, 0.4) is 0 Å². The molecule has 20 heavy (non-hydrogen) atoms. The largest absolute Gasteiger partial charge is 0.383 e. The molecule has 2 N–H and O–H groups in total. The van der Waals surface area contributed by atoms with Gasteiger partial charge in [0, 0.05) is 18.9 Å². The molecule has 102 valence electrons. The molecule has 0 amide bonds. The summed E-state index contributed by atoms with van der Waals surface area (Å²) in [5.74, 6) is 0.575. The quantitative estimate of drug-likeness (QED) is 0.803. The topological polar surface area (TPSA) is 52.5 Å². The lowest BCUT2D eigenvalue weighted by Gasteiger charge is -2.07. The minimum absolute atomic E-state index is 0.518.